The van der Waals surface area contributed by atoms with E-state index in [1.807, 2.05) is 0 Å². The first-order valence-corrected chi connectivity index (χ1v) is 4.00. The van der Waals surface area contributed by atoms with E-state index >= 15 is 0 Å². The Balaban J connectivity index is -0.00000000615. The third-order valence-electron chi connectivity index (χ3n) is 0. The average molecular weight is 350 g/mol. The largest absolute Gasteiger partial charge is 3.00 e. The Morgan fingerprint density at radius 3 is 0.500 bits per heavy atom. The van der Waals surface area contributed by atoms with E-state index in [2.05, 4.69) is 0 Å². The maximum atomic E-state index is 8.52. The zero-order valence-electron chi connectivity index (χ0n) is 8.66. The van der Waals surface area contributed by atoms with Gasteiger partial charge in [-0.2, -0.15) is 0 Å². The van der Waals surface area contributed by atoms with Crippen LogP contribution in [0.2, 0.25) is 0 Å². The van der Waals surface area contributed by atoms with E-state index in [9.17, 15) is 0 Å². The van der Waals surface area contributed by atoms with E-state index in [1.54, 1.807) is 0 Å². The van der Waals surface area contributed by atoms with Crippen molar-refractivity contribution in [1.29, 1.82) is 0 Å². The van der Waals surface area contributed by atoms with Gasteiger partial charge in [0.1, 0.15) is 0 Å². The maximum Gasteiger partial charge on any atom is 3.00 e. The molecule has 18 heteroatoms. The van der Waals surface area contributed by atoms with Gasteiger partial charge in [0, 0.05) is 20.8 Å². The molecule has 0 amide bonds. The first-order chi connectivity index (χ1) is 4.00. The van der Waals surface area contributed by atoms with Crippen LogP contribution in [-0.2, 0) is 20.8 Å². The Kier molecular flexibility index (Phi) is 130. The second-order valence-corrected chi connectivity index (χ2v) is 2.45. The zero-order chi connectivity index (χ0) is 9.00. The molecule has 0 bridgehead atoms. The van der Waals surface area contributed by atoms with Crippen LogP contribution in [0.4, 0.5) is 0 Å². The van der Waals surface area contributed by atoms with Gasteiger partial charge < -0.3 is 51.1 Å². The normalized spacial score (nSPS) is 6.44. The average Bonchev–Trinajstić information content (AvgIpc) is 1.12. The maximum absolute atomic E-state index is 8.52. The zero-order valence-corrected chi connectivity index (χ0v) is 13.4. The van der Waals surface area contributed by atoms with Gasteiger partial charge in [-0.15, -0.1) is 0 Å². The fourth-order valence-electron chi connectivity index (χ4n) is 0. The molecular formula is H12AlNaO14S2. The Bertz CT molecular complexity index is 216. The van der Waals surface area contributed by atoms with Crippen LogP contribution in [-0.4, -0.2) is 85.3 Å². The Hall–Kier alpha value is 1.03. The predicted octanol–water partition coefficient (Wildman–Crippen LogP) is -11.0. The van der Waals surface area contributed by atoms with Gasteiger partial charge in [-0.1, -0.05) is 0 Å². The van der Waals surface area contributed by atoms with Crippen LogP contribution in [0.5, 0.6) is 0 Å². The SMILES string of the molecule is O.O.O.O.O.O.O=S(=O)([O-])[O-].O=S(=O)([O-])[O-].[Al+3].[Na+]. The van der Waals surface area contributed by atoms with Crippen LogP contribution in [0, 0.1) is 0 Å². The molecular weight excluding hydrogens is 338 g/mol. The summed E-state index contributed by atoms with van der Waals surface area (Å²) < 4.78 is 68.2. The molecule has 0 saturated carbocycles. The summed E-state index contributed by atoms with van der Waals surface area (Å²) in [5.74, 6) is 0. The molecule has 0 fully saturated rings. The summed E-state index contributed by atoms with van der Waals surface area (Å²) in [6, 6.07) is 0. The minimum Gasteiger partial charge on any atom is -0.759 e. The van der Waals surface area contributed by atoms with Crippen molar-refractivity contribution in [1.82, 2.24) is 0 Å². The van der Waals surface area contributed by atoms with Gasteiger partial charge in [0.25, 0.3) is 0 Å². The van der Waals surface area contributed by atoms with E-state index in [0.717, 1.165) is 0 Å². The van der Waals surface area contributed by atoms with Crippen molar-refractivity contribution < 1.29 is 97.5 Å². The summed E-state index contributed by atoms with van der Waals surface area (Å²) >= 11 is 0. The molecule has 0 unspecified atom stereocenters. The van der Waals surface area contributed by atoms with Crippen LogP contribution < -0.4 is 29.6 Å². The Labute approximate surface area is 135 Å². The first kappa shape index (κ1) is 75.9. The molecule has 0 aliphatic heterocycles. The number of hydrogen-bond acceptors (Lipinski definition) is 8. The molecule has 0 aliphatic carbocycles. The summed E-state index contributed by atoms with van der Waals surface area (Å²) in [4.78, 5) is 0. The summed E-state index contributed by atoms with van der Waals surface area (Å²) in [5.41, 5.74) is 0. The van der Waals surface area contributed by atoms with Crippen LogP contribution in [0.15, 0.2) is 0 Å². The Morgan fingerprint density at radius 2 is 0.500 bits per heavy atom. The molecule has 0 aliphatic rings. The van der Waals surface area contributed by atoms with Crippen LogP contribution in [0.25, 0.3) is 0 Å². The van der Waals surface area contributed by atoms with E-state index < -0.39 is 20.8 Å². The van der Waals surface area contributed by atoms with Crippen LogP contribution >= 0.6 is 0 Å². The second kappa shape index (κ2) is 30.8. The van der Waals surface area contributed by atoms with Crippen molar-refractivity contribution in [3.05, 3.63) is 0 Å². The molecule has 112 valence electrons. The van der Waals surface area contributed by atoms with E-state index in [0.29, 0.717) is 0 Å². The molecule has 0 spiro atoms. The minimum atomic E-state index is -5.17. The minimum absolute atomic E-state index is 0. The summed E-state index contributed by atoms with van der Waals surface area (Å²) in [5, 5.41) is 0. The Morgan fingerprint density at radius 1 is 0.500 bits per heavy atom. The first-order valence-electron chi connectivity index (χ1n) is 1.33. The van der Waals surface area contributed by atoms with Crippen molar-refractivity contribution in [3.8, 4) is 0 Å². The quantitative estimate of drug-likeness (QED) is 0.228. The summed E-state index contributed by atoms with van der Waals surface area (Å²) in [7, 11) is -10.3. The van der Waals surface area contributed by atoms with Crippen molar-refractivity contribution in [2.45, 2.75) is 0 Å². The third kappa shape index (κ3) is 4110. The second-order valence-electron chi connectivity index (χ2n) is 0.816. The van der Waals surface area contributed by atoms with E-state index in [-0.39, 0.29) is 79.8 Å². The standard InChI is InChI=1S/Al.Na.2H2O4S.6H2O/c;;2*1-5(2,3)4;;;;;;/h;;2*(H2,1,2,3,4);6*1H2/q+3;+1;;;;;;;;/p-4. The molecule has 0 heterocycles. The molecule has 0 saturated heterocycles. The van der Waals surface area contributed by atoms with Crippen molar-refractivity contribution >= 4 is 38.2 Å². The molecule has 18 heavy (non-hydrogen) atoms. The van der Waals surface area contributed by atoms with Gasteiger partial charge >= 0.3 is 46.9 Å². The van der Waals surface area contributed by atoms with Crippen LogP contribution in [0.3, 0.4) is 0 Å². The van der Waals surface area contributed by atoms with Gasteiger partial charge in [0.15, 0.2) is 0 Å². The number of rotatable bonds is 0. The van der Waals surface area contributed by atoms with Crippen molar-refractivity contribution in [3.63, 3.8) is 0 Å². The topological polar surface area (TPSA) is 350 Å². The van der Waals surface area contributed by atoms with E-state index in [1.165, 1.54) is 0 Å². The summed E-state index contributed by atoms with van der Waals surface area (Å²) in [6.45, 7) is 0. The molecule has 0 aromatic carbocycles. The summed E-state index contributed by atoms with van der Waals surface area (Å²) in [6.07, 6.45) is 0. The smallest absolute Gasteiger partial charge is 0.759 e. The molecule has 12 N–H and O–H groups in total. The molecule has 0 aromatic rings. The van der Waals surface area contributed by atoms with Crippen LogP contribution in [0.1, 0.15) is 0 Å². The fourth-order valence-corrected chi connectivity index (χ4v) is 0. The van der Waals surface area contributed by atoms with Crippen molar-refractivity contribution in [2.75, 3.05) is 0 Å². The predicted molar refractivity (Wildman–Crippen MR) is 48.4 cm³/mol. The fraction of sp³-hybridized carbons (Fsp3) is 0. The molecule has 0 rings (SSSR count). The van der Waals surface area contributed by atoms with Gasteiger partial charge in [0.05, 0.1) is 0 Å². The number of hydrogen-bond donors (Lipinski definition) is 0. The van der Waals surface area contributed by atoms with Gasteiger partial charge in [-0.3, -0.25) is 16.8 Å². The van der Waals surface area contributed by atoms with Crippen molar-refractivity contribution in [2.24, 2.45) is 0 Å². The van der Waals surface area contributed by atoms with Gasteiger partial charge in [0.2, 0.25) is 0 Å². The molecule has 0 aromatic heterocycles. The monoisotopic (exact) mass is 350 g/mol. The third-order valence-corrected chi connectivity index (χ3v) is 0. The molecule has 14 nitrogen and oxygen atoms in total. The molecule has 0 radical (unpaired) electrons. The molecule has 0 atom stereocenters. The van der Waals surface area contributed by atoms with Gasteiger partial charge in [-0.25, -0.2) is 0 Å². The van der Waals surface area contributed by atoms with Gasteiger partial charge in [-0.05, 0) is 0 Å². The van der Waals surface area contributed by atoms with E-state index in [4.69, 9.17) is 35.0 Å².